The molecule has 1 amide bonds. The van der Waals surface area contributed by atoms with Crippen molar-refractivity contribution in [2.24, 2.45) is 5.73 Å². The summed E-state index contributed by atoms with van der Waals surface area (Å²) >= 11 is 0. The number of H-pyrrole nitrogens is 1. The van der Waals surface area contributed by atoms with Crippen molar-refractivity contribution in [1.29, 1.82) is 0 Å². The van der Waals surface area contributed by atoms with Crippen LogP contribution in [-0.4, -0.2) is 25.5 Å². The van der Waals surface area contributed by atoms with Crippen LogP contribution in [0.3, 0.4) is 0 Å². The van der Waals surface area contributed by atoms with Crippen molar-refractivity contribution < 1.29 is 4.79 Å². The number of carbonyl (C=O) groups is 1. The highest BCUT2D eigenvalue weighted by atomic mass is 16.1. The van der Waals surface area contributed by atoms with Crippen molar-refractivity contribution in [3.05, 3.63) is 87.6 Å². The maximum atomic E-state index is 12.7. The lowest BCUT2D eigenvalue weighted by Crippen LogP contribution is -2.20. The van der Waals surface area contributed by atoms with Gasteiger partial charge in [0.2, 0.25) is 11.7 Å². The van der Waals surface area contributed by atoms with E-state index in [9.17, 15) is 9.59 Å². The van der Waals surface area contributed by atoms with Gasteiger partial charge in [0.15, 0.2) is 0 Å². The molecule has 146 valence electrons. The molecule has 0 fully saturated rings. The van der Waals surface area contributed by atoms with Crippen LogP contribution in [0.1, 0.15) is 40.5 Å². The standard InChI is InChI=1S/C22H21N5O2/c1-2-5-19-18(21(29)25-22-26-24-13-27(19)22)12-14-8-10-15(11-9-14)16-6-3-4-7-17(16)20(23)28/h3-4,6-11,13H,2,5,12H2,1H3,(H2,23,28)(H,25,26,29). The van der Waals surface area contributed by atoms with E-state index < -0.39 is 5.91 Å². The molecule has 0 aliphatic rings. The number of primary amides is 1. The van der Waals surface area contributed by atoms with E-state index in [1.807, 2.05) is 40.8 Å². The number of nitrogens with one attached hydrogen (secondary N) is 1. The van der Waals surface area contributed by atoms with Gasteiger partial charge in [-0.1, -0.05) is 55.8 Å². The topological polar surface area (TPSA) is 106 Å². The van der Waals surface area contributed by atoms with Crippen molar-refractivity contribution in [3.63, 3.8) is 0 Å². The van der Waals surface area contributed by atoms with Crippen molar-refractivity contribution in [1.82, 2.24) is 19.6 Å². The Morgan fingerprint density at radius 3 is 2.62 bits per heavy atom. The minimum absolute atomic E-state index is 0.142. The number of carbonyl (C=O) groups excluding carboxylic acids is 1. The highest BCUT2D eigenvalue weighted by molar-refractivity contribution is 5.99. The summed E-state index contributed by atoms with van der Waals surface area (Å²) in [6.07, 6.45) is 3.80. The van der Waals surface area contributed by atoms with Crippen LogP contribution in [0.4, 0.5) is 0 Å². The molecule has 0 saturated carbocycles. The second-order valence-corrected chi connectivity index (χ2v) is 6.94. The zero-order valence-corrected chi connectivity index (χ0v) is 16.1. The Morgan fingerprint density at radius 2 is 1.90 bits per heavy atom. The predicted octanol–water partition coefficient (Wildman–Crippen LogP) is 2.73. The molecule has 2 aromatic carbocycles. The molecule has 2 heterocycles. The van der Waals surface area contributed by atoms with E-state index in [2.05, 4.69) is 22.1 Å². The Labute approximate surface area is 167 Å². The Hall–Kier alpha value is -3.74. The predicted molar refractivity (Wildman–Crippen MR) is 111 cm³/mol. The number of nitrogens with two attached hydrogens (primary N) is 1. The molecule has 7 heteroatoms. The van der Waals surface area contributed by atoms with Gasteiger partial charge in [0.1, 0.15) is 6.33 Å². The van der Waals surface area contributed by atoms with E-state index >= 15 is 0 Å². The Morgan fingerprint density at radius 1 is 1.14 bits per heavy atom. The molecule has 2 aromatic heterocycles. The van der Waals surface area contributed by atoms with Crippen molar-refractivity contribution in [2.45, 2.75) is 26.2 Å². The van der Waals surface area contributed by atoms with E-state index in [1.165, 1.54) is 0 Å². The van der Waals surface area contributed by atoms with Gasteiger partial charge in [-0.2, -0.15) is 0 Å². The summed E-state index contributed by atoms with van der Waals surface area (Å²) in [4.78, 5) is 27.1. The minimum Gasteiger partial charge on any atom is -0.366 e. The largest absolute Gasteiger partial charge is 0.366 e. The van der Waals surface area contributed by atoms with Gasteiger partial charge in [0, 0.05) is 23.2 Å². The first-order valence-electron chi connectivity index (χ1n) is 9.50. The summed E-state index contributed by atoms with van der Waals surface area (Å²) in [5.74, 6) is 0.00303. The monoisotopic (exact) mass is 387 g/mol. The second kappa shape index (κ2) is 7.71. The summed E-state index contributed by atoms with van der Waals surface area (Å²) in [7, 11) is 0. The number of aromatic amines is 1. The van der Waals surface area contributed by atoms with E-state index in [-0.39, 0.29) is 5.56 Å². The summed E-state index contributed by atoms with van der Waals surface area (Å²) in [5, 5.41) is 7.86. The highest BCUT2D eigenvalue weighted by Gasteiger charge is 2.14. The number of fused-ring (bicyclic) bond motifs is 1. The lowest BCUT2D eigenvalue weighted by molar-refractivity contribution is 0.100. The van der Waals surface area contributed by atoms with Crippen molar-refractivity contribution in [2.75, 3.05) is 0 Å². The molecular weight excluding hydrogens is 366 g/mol. The molecule has 4 aromatic rings. The number of nitrogens with zero attached hydrogens (tertiary/aromatic N) is 3. The van der Waals surface area contributed by atoms with Crippen molar-refractivity contribution >= 4 is 11.7 Å². The van der Waals surface area contributed by atoms with Crippen LogP contribution in [0.2, 0.25) is 0 Å². The first kappa shape index (κ1) is 18.6. The molecule has 3 N–H and O–H groups in total. The van der Waals surface area contributed by atoms with Crippen LogP contribution in [0, 0.1) is 0 Å². The minimum atomic E-state index is -0.456. The van der Waals surface area contributed by atoms with Gasteiger partial charge in [-0.05, 0) is 29.2 Å². The van der Waals surface area contributed by atoms with Gasteiger partial charge in [0.25, 0.3) is 5.56 Å². The number of amides is 1. The van der Waals surface area contributed by atoms with Crippen LogP contribution in [0.15, 0.2) is 59.7 Å². The van der Waals surface area contributed by atoms with Crippen LogP contribution >= 0.6 is 0 Å². The fraction of sp³-hybridized carbons (Fsp3) is 0.182. The lowest BCUT2D eigenvalue weighted by atomic mass is 9.96. The highest BCUT2D eigenvalue weighted by Crippen LogP contribution is 2.24. The summed E-state index contributed by atoms with van der Waals surface area (Å²) in [5.41, 5.74) is 10.2. The Balaban J connectivity index is 1.70. The van der Waals surface area contributed by atoms with Crippen LogP contribution < -0.4 is 11.3 Å². The van der Waals surface area contributed by atoms with Crippen LogP contribution in [0.5, 0.6) is 0 Å². The third kappa shape index (κ3) is 3.54. The average molecular weight is 387 g/mol. The third-order valence-corrected chi connectivity index (χ3v) is 5.01. The molecule has 0 unspecified atom stereocenters. The van der Waals surface area contributed by atoms with Crippen LogP contribution in [0.25, 0.3) is 16.9 Å². The maximum Gasteiger partial charge on any atom is 0.256 e. The fourth-order valence-corrected chi connectivity index (χ4v) is 3.62. The number of benzene rings is 2. The Kier molecular flexibility index (Phi) is 4.95. The summed E-state index contributed by atoms with van der Waals surface area (Å²) in [6, 6.07) is 15.1. The molecule has 0 bridgehead atoms. The molecule has 7 nitrogen and oxygen atoms in total. The number of aryl methyl sites for hydroxylation is 1. The molecule has 0 radical (unpaired) electrons. The van der Waals surface area contributed by atoms with Gasteiger partial charge in [0.05, 0.1) is 0 Å². The zero-order valence-electron chi connectivity index (χ0n) is 16.1. The van der Waals surface area contributed by atoms with E-state index in [0.717, 1.165) is 35.2 Å². The number of aromatic nitrogens is 4. The van der Waals surface area contributed by atoms with Gasteiger partial charge >= 0.3 is 0 Å². The summed E-state index contributed by atoms with van der Waals surface area (Å²) in [6.45, 7) is 2.08. The summed E-state index contributed by atoms with van der Waals surface area (Å²) < 4.78 is 1.84. The lowest BCUT2D eigenvalue weighted by Gasteiger charge is -2.11. The first-order chi connectivity index (χ1) is 14.1. The van der Waals surface area contributed by atoms with E-state index in [0.29, 0.717) is 23.3 Å². The average Bonchev–Trinajstić information content (AvgIpc) is 3.19. The first-order valence-corrected chi connectivity index (χ1v) is 9.50. The maximum absolute atomic E-state index is 12.7. The van der Waals surface area contributed by atoms with Gasteiger partial charge in [-0.25, -0.2) is 0 Å². The SMILES string of the molecule is CCCc1c(Cc2ccc(-c3ccccc3C(N)=O)cc2)c(=O)[nH]c2nncn12. The Bertz CT molecular complexity index is 1240. The fourth-order valence-electron chi connectivity index (χ4n) is 3.62. The smallest absolute Gasteiger partial charge is 0.256 e. The normalized spacial score (nSPS) is 11.1. The molecule has 0 spiro atoms. The molecular formula is C22H21N5O2. The molecule has 0 saturated heterocycles. The molecule has 0 aliphatic heterocycles. The number of hydrogen-bond donors (Lipinski definition) is 2. The number of rotatable bonds is 6. The molecule has 0 aliphatic carbocycles. The van der Waals surface area contributed by atoms with Gasteiger partial charge in [-0.3, -0.25) is 19.0 Å². The number of hydrogen-bond acceptors (Lipinski definition) is 4. The van der Waals surface area contributed by atoms with Gasteiger partial charge < -0.3 is 5.73 Å². The second-order valence-electron chi connectivity index (χ2n) is 6.94. The third-order valence-electron chi connectivity index (χ3n) is 5.01. The molecule has 4 rings (SSSR count). The molecule has 0 atom stereocenters. The van der Waals surface area contributed by atoms with Crippen LogP contribution in [-0.2, 0) is 12.8 Å². The molecule has 29 heavy (non-hydrogen) atoms. The van der Waals surface area contributed by atoms with Gasteiger partial charge in [-0.15, -0.1) is 10.2 Å². The zero-order chi connectivity index (χ0) is 20.4. The van der Waals surface area contributed by atoms with Crippen molar-refractivity contribution in [3.8, 4) is 11.1 Å². The quantitative estimate of drug-likeness (QED) is 0.530. The van der Waals surface area contributed by atoms with E-state index in [1.54, 1.807) is 18.5 Å². The van der Waals surface area contributed by atoms with E-state index in [4.69, 9.17) is 5.73 Å².